The van der Waals surface area contributed by atoms with Gasteiger partial charge in [-0.3, -0.25) is 0 Å². The largest absolute Gasteiger partial charge is 0.477 e. The van der Waals surface area contributed by atoms with Crippen molar-refractivity contribution in [3.8, 4) is 0 Å². The van der Waals surface area contributed by atoms with Gasteiger partial charge in [0.15, 0.2) is 0 Å². The van der Waals surface area contributed by atoms with Gasteiger partial charge in [-0.1, -0.05) is 18.2 Å². The number of hydrogen-bond acceptors (Lipinski definition) is 4. The molecule has 22 heavy (non-hydrogen) atoms. The molecule has 0 amide bonds. The highest BCUT2D eigenvalue weighted by atomic mass is 32.2. The van der Waals surface area contributed by atoms with E-state index in [4.69, 9.17) is 5.11 Å². The number of carboxylic acid groups (broad SMARTS) is 1. The van der Waals surface area contributed by atoms with Crippen molar-refractivity contribution < 1.29 is 22.7 Å². The number of carbonyl (C=O) groups is 1. The highest BCUT2D eigenvalue weighted by Crippen LogP contribution is 2.39. The number of sulfonamides is 1. The van der Waals surface area contributed by atoms with E-state index >= 15 is 0 Å². The lowest BCUT2D eigenvalue weighted by molar-refractivity contribution is 0.0702. The number of benzene rings is 1. The predicted molar refractivity (Wildman–Crippen MR) is 78.9 cm³/mol. The molecule has 2 heterocycles. The monoisotopic (exact) mass is 341 g/mol. The molecule has 5 nitrogen and oxygen atoms in total. The highest BCUT2D eigenvalue weighted by Gasteiger charge is 2.40. The van der Waals surface area contributed by atoms with E-state index in [1.807, 2.05) is 0 Å². The lowest BCUT2D eigenvalue weighted by atomic mass is 9.97. The molecule has 1 unspecified atom stereocenters. The Morgan fingerprint density at radius 3 is 2.64 bits per heavy atom. The third-order valence-corrected chi connectivity index (χ3v) is 6.58. The van der Waals surface area contributed by atoms with Crippen molar-refractivity contribution in [3.05, 3.63) is 52.0 Å². The first-order valence-electron chi connectivity index (χ1n) is 6.49. The first-order valence-corrected chi connectivity index (χ1v) is 8.81. The fraction of sp³-hybridized carbons (Fsp3) is 0.214. The minimum atomic E-state index is -3.82. The number of hydrogen-bond donors (Lipinski definition) is 1. The summed E-state index contributed by atoms with van der Waals surface area (Å²) in [6, 6.07) is 6.67. The SMILES string of the molecule is O=C(O)c1cc(S(=O)(=O)N2CCC2c2ccccc2F)cs1. The summed E-state index contributed by atoms with van der Waals surface area (Å²) in [7, 11) is -3.82. The highest BCUT2D eigenvalue weighted by molar-refractivity contribution is 7.89. The van der Waals surface area contributed by atoms with Gasteiger partial charge in [-0.05, 0) is 18.6 Å². The van der Waals surface area contributed by atoms with Crippen LogP contribution in [-0.4, -0.2) is 30.3 Å². The average molecular weight is 341 g/mol. The Kier molecular flexibility index (Phi) is 3.75. The minimum Gasteiger partial charge on any atom is -0.477 e. The molecule has 1 aliphatic heterocycles. The van der Waals surface area contributed by atoms with Crippen molar-refractivity contribution in [3.63, 3.8) is 0 Å². The van der Waals surface area contributed by atoms with Gasteiger partial charge in [0.2, 0.25) is 10.0 Å². The van der Waals surface area contributed by atoms with E-state index in [2.05, 4.69) is 0 Å². The number of nitrogens with zero attached hydrogens (tertiary/aromatic N) is 1. The first-order chi connectivity index (χ1) is 10.4. The third kappa shape index (κ3) is 2.43. The van der Waals surface area contributed by atoms with Crippen LogP contribution in [0.5, 0.6) is 0 Å². The van der Waals surface area contributed by atoms with Crippen LogP contribution in [0.4, 0.5) is 4.39 Å². The molecule has 116 valence electrons. The van der Waals surface area contributed by atoms with Crippen LogP contribution in [0.2, 0.25) is 0 Å². The summed E-state index contributed by atoms with van der Waals surface area (Å²) in [6.45, 7) is 0.291. The van der Waals surface area contributed by atoms with E-state index in [0.717, 1.165) is 17.4 Å². The molecular formula is C14H12FNO4S2. The third-order valence-electron chi connectivity index (χ3n) is 3.63. The van der Waals surface area contributed by atoms with E-state index in [0.29, 0.717) is 18.5 Å². The molecule has 1 atom stereocenters. The van der Waals surface area contributed by atoms with Crippen LogP contribution in [0, 0.1) is 5.82 Å². The Labute approximate surface area is 130 Å². The van der Waals surface area contributed by atoms with Crippen LogP contribution in [-0.2, 0) is 10.0 Å². The van der Waals surface area contributed by atoms with Crippen molar-refractivity contribution >= 4 is 27.3 Å². The molecular weight excluding hydrogens is 329 g/mol. The molecule has 0 saturated carbocycles. The standard InChI is InChI=1S/C14H12FNO4S2/c15-11-4-2-1-3-10(11)12-5-6-16(12)22(19,20)9-7-13(14(17)18)21-8-9/h1-4,7-8,12H,5-6H2,(H,17,18). The molecule has 1 aromatic heterocycles. The van der Waals surface area contributed by atoms with Crippen molar-refractivity contribution in [2.75, 3.05) is 6.54 Å². The van der Waals surface area contributed by atoms with Crippen molar-refractivity contribution in [1.29, 1.82) is 0 Å². The van der Waals surface area contributed by atoms with Crippen molar-refractivity contribution in [2.24, 2.45) is 0 Å². The average Bonchev–Trinajstić information content (AvgIpc) is 2.90. The van der Waals surface area contributed by atoms with E-state index in [1.165, 1.54) is 15.8 Å². The number of thiophene rings is 1. The van der Waals surface area contributed by atoms with Gasteiger partial charge in [-0.2, -0.15) is 4.31 Å². The summed E-state index contributed by atoms with van der Waals surface area (Å²) in [4.78, 5) is 10.8. The van der Waals surface area contributed by atoms with Gasteiger partial charge in [0.25, 0.3) is 0 Å². The number of rotatable bonds is 4. The van der Waals surface area contributed by atoms with E-state index < -0.39 is 27.9 Å². The van der Waals surface area contributed by atoms with Gasteiger partial charge in [-0.15, -0.1) is 11.3 Å². The molecule has 0 radical (unpaired) electrons. The van der Waals surface area contributed by atoms with E-state index in [9.17, 15) is 17.6 Å². The summed E-state index contributed by atoms with van der Waals surface area (Å²) in [5.41, 5.74) is 0.339. The van der Waals surface area contributed by atoms with E-state index in [1.54, 1.807) is 18.2 Å². The zero-order chi connectivity index (χ0) is 15.9. The molecule has 0 spiro atoms. The Morgan fingerprint density at radius 2 is 2.09 bits per heavy atom. The molecule has 1 N–H and O–H groups in total. The second kappa shape index (κ2) is 5.45. The lowest BCUT2D eigenvalue weighted by Gasteiger charge is -2.39. The number of halogens is 1. The van der Waals surface area contributed by atoms with Crippen LogP contribution < -0.4 is 0 Å². The fourth-order valence-corrected chi connectivity index (χ4v) is 5.16. The molecule has 8 heteroatoms. The molecule has 0 bridgehead atoms. The van der Waals surface area contributed by atoms with Crippen LogP contribution >= 0.6 is 11.3 Å². The maximum atomic E-state index is 13.8. The van der Waals surface area contributed by atoms with Gasteiger partial charge in [0.05, 0.1) is 10.9 Å². The number of carboxylic acids is 1. The molecule has 1 aliphatic rings. The molecule has 0 aliphatic carbocycles. The van der Waals surface area contributed by atoms with Gasteiger partial charge in [0.1, 0.15) is 10.7 Å². The lowest BCUT2D eigenvalue weighted by Crippen LogP contribution is -2.45. The van der Waals surface area contributed by atoms with Crippen LogP contribution in [0.1, 0.15) is 27.7 Å². The summed E-state index contributed by atoms with van der Waals surface area (Å²) in [5, 5.41) is 10.2. The first kappa shape index (κ1) is 15.1. The summed E-state index contributed by atoms with van der Waals surface area (Å²) in [5.74, 6) is -1.61. The molecule has 3 rings (SSSR count). The Morgan fingerprint density at radius 1 is 1.36 bits per heavy atom. The zero-order valence-corrected chi connectivity index (χ0v) is 12.9. The maximum absolute atomic E-state index is 13.8. The molecule has 1 aromatic carbocycles. The van der Waals surface area contributed by atoms with Gasteiger partial charge < -0.3 is 5.11 Å². The van der Waals surface area contributed by atoms with Gasteiger partial charge in [-0.25, -0.2) is 17.6 Å². The topological polar surface area (TPSA) is 74.7 Å². The van der Waals surface area contributed by atoms with E-state index in [-0.39, 0.29) is 9.77 Å². The van der Waals surface area contributed by atoms with Crippen LogP contribution in [0.25, 0.3) is 0 Å². The summed E-state index contributed by atoms with van der Waals surface area (Å²) < 4.78 is 40.2. The minimum absolute atomic E-state index is 0.0402. The smallest absolute Gasteiger partial charge is 0.345 e. The van der Waals surface area contributed by atoms with Gasteiger partial charge in [0, 0.05) is 17.5 Å². The zero-order valence-electron chi connectivity index (χ0n) is 11.3. The Hall–Kier alpha value is -1.77. The second-order valence-electron chi connectivity index (χ2n) is 4.89. The second-order valence-corrected chi connectivity index (χ2v) is 7.70. The molecule has 1 saturated heterocycles. The predicted octanol–water partition coefficient (Wildman–Crippen LogP) is 2.72. The molecule has 2 aromatic rings. The quantitative estimate of drug-likeness (QED) is 0.928. The maximum Gasteiger partial charge on any atom is 0.345 e. The van der Waals surface area contributed by atoms with Crippen molar-refractivity contribution in [2.45, 2.75) is 17.4 Å². The Bertz CT molecular complexity index is 831. The van der Waals surface area contributed by atoms with Crippen LogP contribution in [0.3, 0.4) is 0 Å². The van der Waals surface area contributed by atoms with Gasteiger partial charge >= 0.3 is 5.97 Å². The Balaban J connectivity index is 1.92. The summed E-state index contributed by atoms with van der Waals surface area (Å²) in [6.07, 6.45) is 0.538. The number of aromatic carboxylic acids is 1. The van der Waals surface area contributed by atoms with Crippen LogP contribution in [0.15, 0.2) is 40.6 Å². The fourth-order valence-electron chi connectivity index (χ4n) is 2.41. The summed E-state index contributed by atoms with van der Waals surface area (Å²) >= 11 is 0.857. The molecule has 1 fully saturated rings. The van der Waals surface area contributed by atoms with Crippen molar-refractivity contribution in [1.82, 2.24) is 4.31 Å². The normalized spacial score (nSPS) is 18.9.